The number of aromatic nitrogens is 2. The molecule has 1 saturated carbocycles. The van der Waals surface area contributed by atoms with E-state index in [4.69, 9.17) is 5.11 Å². The van der Waals surface area contributed by atoms with Crippen molar-refractivity contribution in [3.05, 3.63) is 17.0 Å². The fraction of sp³-hybridized carbons (Fsp3) is 0.643. The molecule has 0 bridgehead atoms. The van der Waals surface area contributed by atoms with Crippen molar-refractivity contribution in [1.82, 2.24) is 14.7 Å². The zero-order valence-corrected chi connectivity index (χ0v) is 12.2. The van der Waals surface area contributed by atoms with Gasteiger partial charge in [0, 0.05) is 30.9 Å². The van der Waals surface area contributed by atoms with E-state index in [1.807, 2.05) is 20.9 Å². The largest absolute Gasteiger partial charge is 0.481 e. The second-order valence-corrected chi connectivity index (χ2v) is 5.41. The average Bonchev–Trinajstić information content (AvgIpc) is 3.15. The van der Waals surface area contributed by atoms with Gasteiger partial charge in [0.05, 0.1) is 18.5 Å². The SMILES string of the molecule is Cc1nn(C)c(C)c1CC(=O)N(CCC(=O)O)C1CC1. The summed E-state index contributed by atoms with van der Waals surface area (Å²) >= 11 is 0. The number of aliphatic carboxylic acids is 1. The Bertz CT molecular complexity index is 532. The number of carboxylic acid groups (broad SMARTS) is 1. The van der Waals surface area contributed by atoms with Crippen LogP contribution in [0, 0.1) is 13.8 Å². The minimum atomic E-state index is -0.864. The van der Waals surface area contributed by atoms with Crippen LogP contribution in [0.25, 0.3) is 0 Å². The summed E-state index contributed by atoms with van der Waals surface area (Å²) < 4.78 is 1.77. The smallest absolute Gasteiger partial charge is 0.305 e. The minimum Gasteiger partial charge on any atom is -0.481 e. The normalized spacial score (nSPS) is 14.3. The molecule has 1 aromatic heterocycles. The monoisotopic (exact) mass is 279 g/mol. The number of nitrogens with zero attached hydrogens (tertiary/aromatic N) is 3. The summed E-state index contributed by atoms with van der Waals surface area (Å²) in [6.07, 6.45) is 2.28. The summed E-state index contributed by atoms with van der Waals surface area (Å²) in [6, 6.07) is 0.235. The summed E-state index contributed by atoms with van der Waals surface area (Å²) in [4.78, 5) is 24.8. The Labute approximate surface area is 118 Å². The topological polar surface area (TPSA) is 75.4 Å². The summed E-state index contributed by atoms with van der Waals surface area (Å²) in [5.74, 6) is -0.856. The molecular formula is C14H21N3O3. The van der Waals surface area contributed by atoms with Crippen LogP contribution in [-0.2, 0) is 23.1 Å². The van der Waals surface area contributed by atoms with Gasteiger partial charge in [0.25, 0.3) is 0 Å². The lowest BCUT2D eigenvalue weighted by Crippen LogP contribution is -2.36. The number of rotatable bonds is 6. The minimum absolute atomic E-state index is 0.00719. The number of hydrogen-bond acceptors (Lipinski definition) is 3. The predicted octanol–water partition coefficient (Wildman–Crippen LogP) is 1.05. The Kier molecular flexibility index (Phi) is 4.11. The maximum absolute atomic E-state index is 12.4. The van der Waals surface area contributed by atoms with Crippen LogP contribution in [0.15, 0.2) is 0 Å². The first-order valence-corrected chi connectivity index (χ1v) is 6.90. The second kappa shape index (κ2) is 5.64. The van der Waals surface area contributed by atoms with Gasteiger partial charge in [-0.3, -0.25) is 14.3 Å². The average molecular weight is 279 g/mol. The van der Waals surface area contributed by atoms with Crippen molar-refractivity contribution in [3.63, 3.8) is 0 Å². The van der Waals surface area contributed by atoms with Crippen molar-refractivity contribution in [2.45, 2.75) is 45.6 Å². The third kappa shape index (κ3) is 3.18. The lowest BCUT2D eigenvalue weighted by atomic mass is 10.1. The Morgan fingerprint density at radius 3 is 2.50 bits per heavy atom. The van der Waals surface area contributed by atoms with Crippen molar-refractivity contribution < 1.29 is 14.7 Å². The Morgan fingerprint density at radius 2 is 2.05 bits per heavy atom. The first-order valence-electron chi connectivity index (χ1n) is 6.90. The molecule has 1 fully saturated rings. The molecular weight excluding hydrogens is 258 g/mol. The van der Waals surface area contributed by atoms with Crippen LogP contribution in [0.2, 0.25) is 0 Å². The zero-order chi connectivity index (χ0) is 14.9. The van der Waals surface area contributed by atoms with Gasteiger partial charge >= 0.3 is 5.97 Å². The lowest BCUT2D eigenvalue weighted by Gasteiger charge is -2.21. The van der Waals surface area contributed by atoms with E-state index in [9.17, 15) is 9.59 Å². The quantitative estimate of drug-likeness (QED) is 0.844. The summed E-state index contributed by atoms with van der Waals surface area (Å²) in [5, 5.41) is 13.1. The van der Waals surface area contributed by atoms with Gasteiger partial charge in [0.2, 0.25) is 5.91 Å². The molecule has 1 N–H and O–H groups in total. The third-order valence-corrected chi connectivity index (χ3v) is 3.86. The fourth-order valence-corrected chi connectivity index (χ4v) is 2.44. The van der Waals surface area contributed by atoms with Gasteiger partial charge in [0.1, 0.15) is 0 Å². The first-order chi connectivity index (χ1) is 9.40. The van der Waals surface area contributed by atoms with Gasteiger partial charge in [-0.25, -0.2) is 0 Å². The van der Waals surface area contributed by atoms with Crippen molar-refractivity contribution in [2.24, 2.45) is 7.05 Å². The maximum Gasteiger partial charge on any atom is 0.305 e. The van der Waals surface area contributed by atoms with E-state index >= 15 is 0 Å². The Hall–Kier alpha value is -1.85. The molecule has 1 aliphatic rings. The highest BCUT2D eigenvalue weighted by atomic mass is 16.4. The van der Waals surface area contributed by atoms with Crippen LogP contribution in [0.5, 0.6) is 0 Å². The van der Waals surface area contributed by atoms with Crippen molar-refractivity contribution in [2.75, 3.05) is 6.54 Å². The molecule has 0 aromatic carbocycles. The molecule has 20 heavy (non-hydrogen) atoms. The molecule has 0 atom stereocenters. The number of amides is 1. The highest BCUT2D eigenvalue weighted by Gasteiger charge is 2.33. The molecule has 6 heteroatoms. The van der Waals surface area contributed by atoms with Crippen LogP contribution >= 0.6 is 0 Å². The molecule has 2 rings (SSSR count). The standard InChI is InChI=1S/C14H21N3O3/c1-9-12(10(2)16(3)15-9)8-13(18)17(11-4-5-11)7-6-14(19)20/h11H,4-8H2,1-3H3,(H,19,20). The number of hydrogen-bond donors (Lipinski definition) is 1. The maximum atomic E-state index is 12.4. The van der Waals surface area contributed by atoms with Crippen molar-refractivity contribution in [1.29, 1.82) is 0 Å². The third-order valence-electron chi connectivity index (χ3n) is 3.86. The highest BCUT2D eigenvalue weighted by molar-refractivity contribution is 5.80. The number of carbonyl (C=O) groups is 2. The molecule has 0 unspecified atom stereocenters. The van der Waals surface area contributed by atoms with E-state index in [1.54, 1.807) is 9.58 Å². The van der Waals surface area contributed by atoms with Gasteiger partial charge in [-0.1, -0.05) is 0 Å². The molecule has 1 amide bonds. The van der Waals surface area contributed by atoms with E-state index in [0.29, 0.717) is 13.0 Å². The second-order valence-electron chi connectivity index (χ2n) is 5.41. The van der Waals surface area contributed by atoms with Crippen LogP contribution in [0.3, 0.4) is 0 Å². The molecule has 1 aliphatic carbocycles. The molecule has 0 aliphatic heterocycles. The van der Waals surface area contributed by atoms with Crippen LogP contribution in [-0.4, -0.2) is 44.3 Å². The molecule has 0 spiro atoms. The van der Waals surface area contributed by atoms with Gasteiger partial charge in [-0.05, 0) is 26.7 Å². The molecule has 1 heterocycles. The van der Waals surface area contributed by atoms with Crippen LogP contribution in [0.1, 0.15) is 36.2 Å². The van der Waals surface area contributed by atoms with Gasteiger partial charge in [0.15, 0.2) is 0 Å². The number of carbonyl (C=O) groups excluding carboxylic acids is 1. The highest BCUT2D eigenvalue weighted by Crippen LogP contribution is 2.28. The Morgan fingerprint density at radius 1 is 1.40 bits per heavy atom. The lowest BCUT2D eigenvalue weighted by molar-refractivity contribution is -0.138. The molecule has 6 nitrogen and oxygen atoms in total. The van der Waals surface area contributed by atoms with E-state index in [2.05, 4.69) is 5.10 Å². The van der Waals surface area contributed by atoms with Crippen LogP contribution < -0.4 is 0 Å². The fourth-order valence-electron chi connectivity index (χ4n) is 2.44. The van der Waals surface area contributed by atoms with E-state index in [0.717, 1.165) is 29.8 Å². The first kappa shape index (κ1) is 14.6. The van der Waals surface area contributed by atoms with Crippen molar-refractivity contribution in [3.8, 4) is 0 Å². The van der Waals surface area contributed by atoms with E-state index in [1.165, 1.54) is 0 Å². The van der Waals surface area contributed by atoms with Crippen molar-refractivity contribution >= 4 is 11.9 Å². The predicted molar refractivity (Wildman–Crippen MR) is 73.4 cm³/mol. The molecule has 0 radical (unpaired) electrons. The summed E-state index contributed by atoms with van der Waals surface area (Å²) in [5.41, 5.74) is 2.82. The zero-order valence-electron chi connectivity index (χ0n) is 12.2. The Balaban J connectivity index is 2.06. The molecule has 1 aromatic rings. The number of aryl methyl sites for hydroxylation is 2. The number of carboxylic acids is 1. The van der Waals surface area contributed by atoms with Gasteiger partial charge in [-0.2, -0.15) is 5.10 Å². The summed E-state index contributed by atoms with van der Waals surface area (Å²) in [7, 11) is 1.86. The molecule has 110 valence electrons. The van der Waals surface area contributed by atoms with Gasteiger partial charge < -0.3 is 10.0 Å². The van der Waals surface area contributed by atoms with Crippen LogP contribution in [0.4, 0.5) is 0 Å². The molecule has 0 saturated heterocycles. The summed E-state index contributed by atoms with van der Waals surface area (Å²) in [6.45, 7) is 4.15. The van der Waals surface area contributed by atoms with E-state index < -0.39 is 5.97 Å². The van der Waals surface area contributed by atoms with Gasteiger partial charge in [-0.15, -0.1) is 0 Å². The van der Waals surface area contributed by atoms with E-state index in [-0.39, 0.29) is 18.4 Å².